The molecule has 2 saturated heterocycles. The molecule has 0 radical (unpaired) electrons. The van der Waals surface area contributed by atoms with Crippen molar-refractivity contribution in [2.24, 2.45) is 0 Å². The molecule has 0 aromatic carbocycles. The van der Waals surface area contributed by atoms with E-state index >= 15 is 0 Å². The third-order valence-electron chi connectivity index (χ3n) is 3.61. The van der Waals surface area contributed by atoms with Gasteiger partial charge in [-0.15, -0.1) is 0 Å². The summed E-state index contributed by atoms with van der Waals surface area (Å²) in [5, 5.41) is 0. The molecule has 0 aromatic rings. The van der Waals surface area contributed by atoms with Crippen LogP contribution in [0.2, 0.25) is 0 Å². The number of ketones is 1. The molecule has 1 spiro atoms. The molecule has 3 fully saturated rings. The van der Waals surface area contributed by atoms with Gasteiger partial charge in [0.2, 0.25) is 0 Å². The molecule has 3 rings (SSSR count). The van der Waals surface area contributed by atoms with Gasteiger partial charge in [0.15, 0.2) is 23.5 Å². The summed E-state index contributed by atoms with van der Waals surface area (Å²) >= 11 is 0. The molecule has 0 amide bonds. The third-order valence-corrected chi connectivity index (χ3v) is 3.61. The highest BCUT2D eigenvalue weighted by Gasteiger charge is 2.69. The van der Waals surface area contributed by atoms with Crippen molar-refractivity contribution < 1.29 is 23.7 Å². The zero-order chi connectivity index (χ0) is 11.6. The molecule has 90 valence electrons. The number of ether oxygens (including phenoxy) is 4. The summed E-state index contributed by atoms with van der Waals surface area (Å²) in [7, 11) is 1.55. The van der Waals surface area contributed by atoms with E-state index in [1.54, 1.807) is 7.11 Å². The molecule has 3 aliphatic rings. The average Bonchev–Trinajstić information content (AvgIpc) is 2.68. The zero-order valence-electron chi connectivity index (χ0n) is 9.69. The Hall–Kier alpha value is -0.490. The van der Waals surface area contributed by atoms with Crippen molar-refractivity contribution in [2.45, 2.75) is 56.6 Å². The Labute approximate surface area is 94.0 Å². The van der Waals surface area contributed by atoms with Gasteiger partial charge in [-0.05, 0) is 20.3 Å². The van der Waals surface area contributed by atoms with E-state index in [0.717, 1.165) is 0 Å². The van der Waals surface area contributed by atoms with Crippen LogP contribution in [0.5, 0.6) is 0 Å². The van der Waals surface area contributed by atoms with Gasteiger partial charge >= 0.3 is 0 Å². The first-order valence-corrected chi connectivity index (χ1v) is 5.58. The molecular formula is C11H16O5. The number of hydrogen-bond acceptors (Lipinski definition) is 5. The van der Waals surface area contributed by atoms with E-state index in [1.807, 2.05) is 13.8 Å². The molecule has 1 aliphatic carbocycles. The van der Waals surface area contributed by atoms with Gasteiger partial charge in [0.25, 0.3) is 0 Å². The van der Waals surface area contributed by atoms with Crippen molar-refractivity contribution >= 4 is 5.78 Å². The summed E-state index contributed by atoms with van der Waals surface area (Å²) < 4.78 is 22.4. The highest BCUT2D eigenvalue weighted by atomic mass is 16.8. The molecule has 4 atom stereocenters. The lowest BCUT2D eigenvalue weighted by Gasteiger charge is -2.39. The van der Waals surface area contributed by atoms with Crippen LogP contribution in [0.15, 0.2) is 0 Å². The Kier molecular flexibility index (Phi) is 2.02. The monoisotopic (exact) mass is 228 g/mol. The van der Waals surface area contributed by atoms with Crippen LogP contribution in [-0.4, -0.2) is 42.8 Å². The molecule has 0 N–H and O–H groups in total. The Morgan fingerprint density at radius 3 is 2.56 bits per heavy atom. The maximum absolute atomic E-state index is 11.8. The fraction of sp³-hybridized carbons (Fsp3) is 0.909. The maximum Gasteiger partial charge on any atom is 0.187 e. The first kappa shape index (κ1) is 10.7. The number of Topliss-reactive ketones (excluding diaryl/α,β-unsaturated/α-hetero) is 1. The first-order valence-electron chi connectivity index (χ1n) is 5.58. The van der Waals surface area contributed by atoms with Gasteiger partial charge < -0.3 is 18.9 Å². The SMILES string of the molecule is COC1O[C@@]2(CCC2=O)[C@@H]2OC(C)(C)OC12. The molecule has 2 heterocycles. The molecule has 2 aliphatic heterocycles. The number of carbonyl (C=O) groups excluding carboxylic acids is 1. The summed E-state index contributed by atoms with van der Waals surface area (Å²) in [6.45, 7) is 3.68. The molecule has 2 unspecified atom stereocenters. The largest absolute Gasteiger partial charge is 0.353 e. The van der Waals surface area contributed by atoms with Crippen LogP contribution in [0.25, 0.3) is 0 Å². The van der Waals surface area contributed by atoms with E-state index < -0.39 is 17.7 Å². The molecule has 5 nitrogen and oxygen atoms in total. The van der Waals surface area contributed by atoms with Crippen LogP contribution in [0, 0.1) is 0 Å². The van der Waals surface area contributed by atoms with Gasteiger partial charge in [0.1, 0.15) is 12.2 Å². The molecule has 5 heteroatoms. The topological polar surface area (TPSA) is 54.0 Å². The van der Waals surface area contributed by atoms with Gasteiger partial charge in [-0.3, -0.25) is 4.79 Å². The number of carbonyl (C=O) groups is 1. The van der Waals surface area contributed by atoms with Crippen molar-refractivity contribution in [1.82, 2.24) is 0 Å². The zero-order valence-corrected chi connectivity index (χ0v) is 9.69. The fourth-order valence-electron chi connectivity index (χ4n) is 2.77. The molecule has 0 aromatic heterocycles. The minimum atomic E-state index is -0.806. The second kappa shape index (κ2) is 3.04. The van der Waals surface area contributed by atoms with Crippen LogP contribution in [0.4, 0.5) is 0 Å². The molecule has 0 bridgehead atoms. The predicted octanol–water partition coefficient (Wildman–Crippen LogP) is 0.611. The quantitative estimate of drug-likeness (QED) is 0.658. The Bertz CT molecular complexity index is 339. The van der Waals surface area contributed by atoms with Crippen molar-refractivity contribution in [3.8, 4) is 0 Å². The summed E-state index contributed by atoms with van der Waals surface area (Å²) in [5.74, 6) is -0.568. The van der Waals surface area contributed by atoms with Gasteiger partial charge in [-0.2, -0.15) is 0 Å². The van der Waals surface area contributed by atoms with E-state index in [9.17, 15) is 4.79 Å². The average molecular weight is 228 g/mol. The van der Waals surface area contributed by atoms with Gasteiger partial charge in [0.05, 0.1) is 0 Å². The van der Waals surface area contributed by atoms with Crippen LogP contribution in [0.1, 0.15) is 26.7 Å². The Morgan fingerprint density at radius 2 is 2.06 bits per heavy atom. The smallest absolute Gasteiger partial charge is 0.187 e. The van der Waals surface area contributed by atoms with Crippen LogP contribution < -0.4 is 0 Å². The van der Waals surface area contributed by atoms with Gasteiger partial charge in [0, 0.05) is 13.5 Å². The van der Waals surface area contributed by atoms with Gasteiger partial charge in [-0.25, -0.2) is 0 Å². The van der Waals surface area contributed by atoms with E-state index in [2.05, 4.69) is 0 Å². The number of rotatable bonds is 1. The highest BCUT2D eigenvalue weighted by molar-refractivity contribution is 5.94. The maximum atomic E-state index is 11.8. The highest BCUT2D eigenvalue weighted by Crippen LogP contribution is 2.51. The minimum Gasteiger partial charge on any atom is -0.353 e. The van der Waals surface area contributed by atoms with Gasteiger partial charge in [-0.1, -0.05) is 0 Å². The second-order valence-corrected chi connectivity index (χ2v) is 5.06. The van der Waals surface area contributed by atoms with Crippen LogP contribution >= 0.6 is 0 Å². The fourth-order valence-corrected chi connectivity index (χ4v) is 2.77. The Morgan fingerprint density at radius 1 is 1.31 bits per heavy atom. The van der Waals surface area contributed by atoms with E-state index in [1.165, 1.54) is 0 Å². The van der Waals surface area contributed by atoms with E-state index in [0.29, 0.717) is 12.8 Å². The van der Waals surface area contributed by atoms with Crippen LogP contribution in [-0.2, 0) is 23.7 Å². The third kappa shape index (κ3) is 1.17. The lowest BCUT2D eigenvalue weighted by molar-refractivity contribution is -0.254. The van der Waals surface area contributed by atoms with Crippen molar-refractivity contribution in [2.75, 3.05) is 7.11 Å². The van der Waals surface area contributed by atoms with Crippen molar-refractivity contribution in [1.29, 1.82) is 0 Å². The molecule has 1 saturated carbocycles. The standard InChI is InChI=1S/C11H16O5/c1-10(2)14-7-8(15-10)11(5-4-6(11)12)16-9(7)13-3/h7-9H,4-5H2,1-3H3/t7?,8-,9?,11-/m1/s1. The summed E-state index contributed by atoms with van der Waals surface area (Å²) in [4.78, 5) is 11.8. The minimum absolute atomic E-state index is 0.100. The lowest BCUT2D eigenvalue weighted by Crippen LogP contribution is -2.56. The number of hydrogen-bond donors (Lipinski definition) is 0. The van der Waals surface area contributed by atoms with Crippen molar-refractivity contribution in [3.05, 3.63) is 0 Å². The number of methoxy groups -OCH3 is 1. The molecular weight excluding hydrogens is 212 g/mol. The number of fused-ring (bicyclic) bond motifs is 2. The Balaban J connectivity index is 1.92. The lowest BCUT2D eigenvalue weighted by atomic mass is 9.74. The van der Waals surface area contributed by atoms with E-state index in [-0.39, 0.29) is 18.0 Å². The summed E-state index contributed by atoms with van der Waals surface area (Å²) in [6, 6.07) is 0. The predicted molar refractivity (Wildman–Crippen MR) is 52.7 cm³/mol. The normalized spacial score (nSPS) is 49.4. The van der Waals surface area contributed by atoms with E-state index in [4.69, 9.17) is 18.9 Å². The van der Waals surface area contributed by atoms with Crippen LogP contribution in [0.3, 0.4) is 0 Å². The molecule has 16 heavy (non-hydrogen) atoms. The second-order valence-electron chi connectivity index (χ2n) is 5.06. The summed E-state index contributed by atoms with van der Waals surface area (Å²) in [6.07, 6.45) is 0.129. The first-order chi connectivity index (χ1) is 7.48. The summed E-state index contributed by atoms with van der Waals surface area (Å²) in [5.41, 5.74) is -0.806. The van der Waals surface area contributed by atoms with Crippen molar-refractivity contribution in [3.63, 3.8) is 0 Å².